The largest absolute Gasteiger partial charge is 0.454 e. The molecular formula is C19H20ClFIN3O2. The molecule has 8 heteroatoms. The van der Waals surface area contributed by atoms with E-state index in [4.69, 9.17) is 21.1 Å². The molecule has 0 aromatic heterocycles. The number of rotatable bonds is 4. The third-order valence-electron chi connectivity index (χ3n) is 4.60. The molecule has 0 bridgehead atoms. The van der Waals surface area contributed by atoms with Gasteiger partial charge in [-0.2, -0.15) is 0 Å². The van der Waals surface area contributed by atoms with E-state index in [0.717, 1.165) is 23.5 Å². The number of ether oxygens (including phenoxy) is 2. The fraction of sp³-hybridized carbons (Fsp3) is 0.316. The van der Waals surface area contributed by atoms with Crippen LogP contribution in [0.1, 0.15) is 23.5 Å². The highest BCUT2D eigenvalue weighted by atomic mass is 127. The Labute approximate surface area is 179 Å². The summed E-state index contributed by atoms with van der Waals surface area (Å²) in [5, 5.41) is 7.06. The van der Waals surface area contributed by atoms with E-state index in [9.17, 15) is 4.39 Å². The van der Waals surface area contributed by atoms with Gasteiger partial charge < -0.3 is 20.1 Å². The molecule has 2 aromatic carbocycles. The number of guanidine groups is 1. The second-order valence-electron chi connectivity index (χ2n) is 6.34. The summed E-state index contributed by atoms with van der Waals surface area (Å²) in [5.74, 6) is 1.99. The summed E-state index contributed by atoms with van der Waals surface area (Å²) in [7, 11) is 1.71. The van der Waals surface area contributed by atoms with E-state index in [0.29, 0.717) is 23.1 Å². The van der Waals surface area contributed by atoms with Crippen LogP contribution in [0.25, 0.3) is 0 Å². The molecule has 2 unspecified atom stereocenters. The number of nitrogens with one attached hydrogen (secondary N) is 2. The fourth-order valence-electron chi connectivity index (χ4n) is 3.15. The lowest BCUT2D eigenvalue weighted by Gasteiger charge is -2.13. The zero-order valence-corrected chi connectivity index (χ0v) is 17.8. The molecule has 1 saturated carbocycles. The zero-order valence-electron chi connectivity index (χ0n) is 14.7. The number of hydrogen-bond donors (Lipinski definition) is 2. The Hall–Kier alpha value is -1.74. The van der Waals surface area contributed by atoms with Gasteiger partial charge in [0, 0.05) is 36.1 Å². The molecule has 1 heterocycles. The topological polar surface area (TPSA) is 54.9 Å². The molecule has 27 heavy (non-hydrogen) atoms. The summed E-state index contributed by atoms with van der Waals surface area (Å²) in [6.45, 7) is 0.852. The Morgan fingerprint density at radius 3 is 2.85 bits per heavy atom. The quantitative estimate of drug-likeness (QED) is 0.376. The molecule has 5 nitrogen and oxygen atoms in total. The van der Waals surface area contributed by atoms with Gasteiger partial charge in [-0.1, -0.05) is 23.7 Å². The van der Waals surface area contributed by atoms with Crippen molar-refractivity contribution < 1.29 is 13.9 Å². The third-order valence-corrected chi connectivity index (χ3v) is 4.93. The molecule has 144 valence electrons. The molecule has 2 N–H and O–H groups in total. The second-order valence-corrected chi connectivity index (χ2v) is 6.75. The molecule has 1 aliphatic heterocycles. The summed E-state index contributed by atoms with van der Waals surface area (Å²) in [6, 6.07) is 10.7. The predicted molar refractivity (Wildman–Crippen MR) is 114 cm³/mol. The zero-order chi connectivity index (χ0) is 18.1. The van der Waals surface area contributed by atoms with Crippen molar-refractivity contribution >= 4 is 41.5 Å². The number of fused-ring (bicyclic) bond motifs is 1. The highest BCUT2D eigenvalue weighted by molar-refractivity contribution is 14.0. The lowest BCUT2D eigenvalue weighted by molar-refractivity contribution is 0.174. The second kappa shape index (κ2) is 8.52. The van der Waals surface area contributed by atoms with Crippen molar-refractivity contribution in [3.8, 4) is 11.5 Å². The SMILES string of the molecule is CN=C(NCc1ccc2c(c1)OCO2)NC1CC1c1c(F)cccc1Cl.I. The average molecular weight is 504 g/mol. The van der Waals surface area contributed by atoms with Gasteiger partial charge in [0.1, 0.15) is 5.82 Å². The Kier molecular flexibility index (Phi) is 6.31. The minimum Gasteiger partial charge on any atom is -0.454 e. The monoisotopic (exact) mass is 503 g/mol. The van der Waals surface area contributed by atoms with Crippen LogP contribution in [-0.2, 0) is 6.54 Å². The molecule has 0 spiro atoms. The summed E-state index contributed by atoms with van der Waals surface area (Å²) < 4.78 is 24.7. The Bertz CT molecular complexity index is 845. The standard InChI is InChI=1S/C19H19ClFN3O2.HI/c1-22-19(23-9-11-5-6-16-17(7-11)26-10-25-16)24-15-8-12(15)18-13(20)3-2-4-14(18)21;/h2-7,12,15H,8-10H2,1H3,(H2,22,23,24);1H. The maximum atomic E-state index is 14.0. The molecule has 1 fully saturated rings. The number of hydrogen-bond acceptors (Lipinski definition) is 3. The van der Waals surface area contributed by atoms with E-state index in [1.54, 1.807) is 19.2 Å². The van der Waals surface area contributed by atoms with Gasteiger partial charge in [-0.05, 0) is 36.2 Å². The Morgan fingerprint density at radius 1 is 1.26 bits per heavy atom. The Balaban J connectivity index is 0.00000210. The van der Waals surface area contributed by atoms with E-state index in [1.165, 1.54) is 6.07 Å². The minimum atomic E-state index is -0.255. The highest BCUT2D eigenvalue weighted by Gasteiger charge is 2.41. The van der Waals surface area contributed by atoms with Gasteiger partial charge in [-0.15, -0.1) is 24.0 Å². The van der Waals surface area contributed by atoms with Crippen LogP contribution in [0.3, 0.4) is 0 Å². The molecule has 2 aliphatic rings. The molecule has 2 aromatic rings. The smallest absolute Gasteiger partial charge is 0.231 e. The summed E-state index contributed by atoms with van der Waals surface area (Å²) in [4.78, 5) is 4.24. The average Bonchev–Trinajstić information content (AvgIpc) is 3.21. The van der Waals surface area contributed by atoms with Crippen molar-refractivity contribution in [2.45, 2.75) is 24.9 Å². The van der Waals surface area contributed by atoms with E-state index in [2.05, 4.69) is 15.6 Å². The number of aliphatic imine (C=N–C) groups is 1. The van der Waals surface area contributed by atoms with E-state index < -0.39 is 0 Å². The van der Waals surface area contributed by atoms with Gasteiger partial charge in [0.25, 0.3) is 0 Å². The van der Waals surface area contributed by atoms with Crippen molar-refractivity contribution in [2.75, 3.05) is 13.8 Å². The van der Waals surface area contributed by atoms with Gasteiger partial charge in [0.2, 0.25) is 6.79 Å². The van der Waals surface area contributed by atoms with Crippen LogP contribution >= 0.6 is 35.6 Å². The van der Waals surface area contributed by atoms with Crippen LogP contribution in [0, 0.1) is 5.82 Å². The van der Waals surface area contributed by atoms with Crippen LogP contribution in [0.2, 0.25) is 5.02 Å². The van der Waals surface area contributed by atoms with Crippen LogP contribution in [0.15, 0.2) is 41.4 Å². The highest BCUT2D eigenvalue weighted by Crippen LogP contribution is 2.44. The van der Waals surface area contributed by atoms with Gasteiger partial charge in [-0.25, -0.2) is 4.39 Å². The summed E-state index contributed by atoms with van der Waals surface area (Å²) >= 11 is 6.15. The Morgan fingerprint density at radius 2 is 2.07 bits per heavy atom. The van der Waals surface area contributed by atoms with Crippen LogP contribution < -0.4 is 20.1 Å². The van der Waals surface area contributed by atoms with Crippen molar-refractivity contribution in [2.24, 2.45) is 4.99 Å². The van der Waals surface area contributed by atoms with Crippen LogP contribution in [-0.4, -0.2) is 25.8 Å². The predicted octanol–water partition coefficient (Wildman–Crippen LogP) is 4.05. The van der Waals surface area contributed by atoms with Gasteiger partial charge in [-0.3, -0.25) is 4.99 Å². The molecule has 2 atom stereocenters. The van der Waals surface area contributed by atoms with Gasteiger partial charge in [0.05, 0.1) is 0 Å². The maximum absolute atomic E-state index is 14.0. The van der Waals surface area contributed by atoms with E-state index in [-0.39, 0.29) is 48.5 Å². The first-order valence-electron chi connectivity index (χ1n) is 8.45. The number of nitrogens with zero attached hydrogens (tertiary/aromatic N) is 1. The van der Waals surface area contributed by atoms with Crippen molar-refractivity contribution in [3.63, 3.8) is 0 Å². The van der Waals surface area contributed by atoms with Gasteiger partial charge >= 0.3 is 0 Å². The third kappa shape index (κ3) is 4.40. The molecule has 0 radical (unpaired) electrons. The molecule has 1 aliphatic carbocycles. The molecule has 0 amide bonds. The summed E-state index contributed by atoms with van der Waals surface area (Å²) in [5.41, 5.74) is 1.64. The first-order chi connectivity index (χ1) is 12.7. The van der Waals surface area contributed by atoms with E-state index >= 15 is 0 Å². The molecule has 0 saturated heterocycles. The van der Waals surface area contributed by atoms with E-state index in [1.807, 2.05) is 18.2 Å². The fourth-order valence-corrected chi connectivity index (χ4v) is 3.45. The lowest BCUT2D eigenvalue weighted by Crippen LogP contribution is -2.38. The van der Waals surface area contributed by atoms with Crippen molar-refractivity contribution in [3.05, 3.63) is 58.4 Å². The summed E-state index contributed by atoms with van der Waals surface area (Å²) in [6.07, 6.45) is 0.825. The lowest BCUT2D eigenvalue weighted by atomic mass is 10.1. The molecule has 4 rings (SSSR count). The first kappa shape index (κ1) is 20.0. The number of halogens is 3. The van der Waals surface area contributed by atoms with Crippen LogP contribution in [0.5, 0.6) is 11.5 Å². The molecular weight excluding hydrogens is 484 g/mol. The normalized spacial score (nSPS) is 20.0. The van der Waals surface area contributed by atoms with Gasteiger partial charge in [0.15, 0.2) is 17.5 Å². The van der Waals surface area contributed by atoms with Crippen molar-refractivity contribution in [1.29, 1.82) is 0 Å². The number of benzene rings is 2. The maximum Gasteiger partial charge on any atom is 0.231 e. The minimum absolute atomic E-state index is 0. The van der Waals surface area contributed by atoms with Crippen LogP contribution in [0.4, 0.5) is 4.39 Å². The first-order valence-corrected chi connectivity index (χ1v) is 8.83. The van der Waals surface area contributed by atoms with Crippen molar-refractivity contribution in [1.82, 2.24) is 10.6 Å².